The van der Waals surface area contributed by atoms with Gasteiger partial charge in [-0.1, -0.05) is 13.8 Å². The van der Waals surface area contributed by atoms with E-state index in [0.717, 1.165) is 24.2 Å². The van der Waals surface area contributed by atoms with E-state index >= 15 is 0 Å². The second-order valence-corrected chi connectivity index (χ2v) is 5.17. The average Bonchev–Trinajstić information content (AvgIpc) is 2.81. The molecule has 1 aromatic rings. The number of carbonyl (C=O) groups is 1. The lowest BCUT2D eigenvalue weighted by molar-refractivity contribution is -0.148. The van der Waals surface area contributed by atoms with Crippen molar-refractivity contribution in [2.24, 2.45) is 5.41 Å². The fraction of sp³-hybridized carbons (Fsp3) is 0.692. The van der Waals surface area contributed by atoms with Crippen molar-refractivity contribution in [1.82, 2.24) is 15.2 Å². The van der Waals surface area contributed by atoms with E-state index in [-0.39, 0.29) is 12.6 Å². The maximum atomic E-state index is 11.4. The van der Waals surface area contributed by atoms with E-state index in [1.165, 1.54) is 0 Å². The third-order valence-electron chi connectivity index (χ3n) is 3.76. The first-order valence-electron chi connectivity index (χ1n) is 6.81. The molecule has 7 heteroatoms. The summed E-state index contributed by atoms with van der Waals surface area (Å²) >= 11 is 0. The van der Waals surface area contributed by atoms with Gasteiger partial charge < -0.3 is 15.2 Å². The number of ether oxygens (including phenoxy) is 1. The molecular formula is C13H20N4O3. The number of aryl methyl sites for hydroxylation is 2. The minimum atomic E-state index is -0.973. The standard InChI is InChI=1S/C13H20N4O3/c1-4-8-9(5-2)16-17-12(14-8)15-10-6-20-7-13(10,3)11(18)19/h10H,4-7H2,1-3H3,(H,18,19)(H,14,15,17). The van der Waals surface area contributed by atoms with Crippen molar-refractivity contribution in [2.45, 2.75) is 39.7 Å². The van der Waals surface area contributed by atoms with Crippen molar-refractivity contribution < 1.29 is 14.6 Å². The Hall–Kier alpha value is -1.76. The molecule has 2 heterocycles. The zero-order valence-corrected chi connectivity index (χ0v) is 12.0. The highest BCUT2D eigenvalue weighted by molar-refractivity contribution is 5.76. The van der Waals surface area contributed by atoms with Gasteiger partial charge in [0.2, 0.25) is 5.95 Å². The van der Waals surface area contributed by atoms with E-state index < -0.39 is 11.4 Å². The van der Waals surface area contributed by atoms with E-state index in [2.05, 4.69) is 20.5 Å². The fourth-order valence-electron chi connectivity index (χ4n) is 2.24. The second-order valence-electron chi connectivity index (χ2n) is 5.17. The predicted molar refractivity (Wildman–Crippen MR) is 72.6 cm³/mol. The van der Waals surface area contributed by atoms with Crippen LogP contribution in [-0.4, -0.2) is 45.5 Å². The van der Waals surface area contributed by atoms with Gasteiger partial charge in [0.25, 0.3) is 0 Å². The van der Waals surface area contributed by atoms with Crippen LogP contribution in [-0.2, 0) is 22.4 Å². The normalized spacial score (nSPS) is 25.6. The van der Waals surface area contributed by atoms with Crippen LogP contribution in [0.2, 0.25) is 0 Å². The first-order valence-corrected chi connectivity index (χ1v) is 6.81. The lowest BCUT2D eigenvalue weighted by Gasteiger charge is -2.25. The SMILES string of the molecule is CCc1nnc(NC2COCC2(C)C(=O)O)nc1CC. The van der Waals surface area contributed by atoms with Crippen molar-refractivity contribution in [3.8, 4) is 0 Å². The summed E-state index contributed by atoms with van der Waals surface area (Å²) in [6.45, 7) is 6.18. The quantitative estimate of drug-likeness (QED) is 0.826. The minimum absolute atomic E-state index is 0.182. The predicted octanol–water partition coefficient (Wildman–Crippen LogP) is 0.898. The maximum Gasteiger partial charge on any atom is 0.313 e. The van der Waals surface area contributed by atoms with Crippen LogP contribution in [0, 0.1) is 5.41 Å². The van der Waals surface area contributed by atoms with Gasteiger partial charge in [-0.15, -0.1) is 5.10 Å². The molecule has 0 saturated carbocycles. The molecule has 2 atom stereocenters. The summed E-state index contributed by atoms with van der Waals surface area (Å²) in [5.41, 5.74) is 0.793. The molecule has 2 N–H and O–H groups in total. The van der Waals surface area contributed by atoms with Gasteiger partial charge in [-0.3, -0.25) is 4.79 Å². The van der Waals surface area contributed by atoms with Gasteiger partial charge in [-0.25, -0.2) is 4.98 Å². The van der Waals surface area contributed by atoms with Crippen LogP contribution in [0.4, 0.5) is 5.95 Å². The topological polar surface area (TPSA) is 97.2 Å². The minimum Gasteiger partial charge on any atom is -0.481 e. The first-order chi connectivity index (χ1) is 9.51. The van der Waals surface area contributed by atoms with Crippen molar-refractivity contribution >= 4 is 11.9 Å². The molecule has 0 bridgehead atoms. The van der Waals surface area contributed by atoms with Gasteiger partial charge in [0.15, 0.2) is 0 Å². The zero-order chi connectivity index (χ0) is 14.8. The third-order valence-corrected chi connectivity index (χ3v) is 3.76. The lowest BCUT2D eigenvalue weighted by atomic mass is 9.85. The summed E-state index contributed by atoms with van der Waals surface area (Å²) < 4.78 is 5.29. The van der Waals surface area contributed by atoms with Gasteiger partial charge in [0, 0.05) is 0 Å². The number of carboxylic acid groups (broad SMARTS) is 1. The molecule has 20 heavy (non-hydrogen) atoms. The van der Waals surface area contributed by atoms with Crippen LogP contribution in [0.5, 0.6) is 0 Å². The molecule has 0 spiro atoms. The number of rotatable bonds is 5. The molecule has 110 valence electrons. The second kappa shape index (κ2) is 5.70. The van der Waals surface area contributed by atoms with Gasteiger partial charge in [0.1, 0.15) is 5.41 Å². The summed E-state index contributed by atoms with van der Waals surface area (Å²) in [5, 5.41) is 20.5. The van der Waals surface area contributed by atoms with Crippen LogP contribution in [0.1, 0.15) is 32.2 Å². The zero-order valence-electron chi connectivity index (χ0n) is 12.0. The highest BCUT2D eigenvalue weighted by Gasteiger charge is 2.47. The summed E-state index contributed by atoms with van der Waals surface area (Å²) in [6.07, 6.45) is 1.55. The molecule has 1 aliphatic heterocycles. The summed E-state index contributed by atoms with van der Waals surface area (Å²) in [5.74, 6) is -0.525. The number of aliphatic carboxylic acids is 1. The van der Waals surface area contributed by atoms with Crippen molar-refractivity contribution in [3.05, 3.63) is 11.4 Å². The Bertz CT molecular complexity index is 508. The molecular weight excluding hydrogens is 260 g/mol. The number of carboxylic acids is 1. The third kappa shape index (κ3) is 2.58. The summed E-state index contributed by atoms with van der Waals surface area (Å²) in [4.78, 5) is 15.8. The average molecular weight is 280 g/mol. The first kappa shape index (κ1) is 14.6. The van der Waals surface area contributed by atoms with Crippen molar-refractivity contribution in [1.29, 1.82) is 0 Å². The molecule has 0 aromatic carbocycles. The number of hydrogen-bond acceptors (Lipinski definition) is 6. The molecule has 0 radical (unpaired) electrons. The van der Waals surface area contributed by atoms with E-state index in [1.807, 2.05) is 13.8 Å². The lowest BCUT2D eigenvalue weighted by Crippen LogP contribution is -2.43. The van der Waals surface area contributed by atoms with Crippen LogP contribution < -0.4 is 5.32 Å². The van der Waals surface area contributed by atoms with Gasteiger partial charge >= 0.3 is 5.97 Å². The Morgan fingerprint density at radius 3 is 2.70 bits per heavy atom. The van der Waals surface area contributed by atoms with Crippen LogP contribution in [0.25, 0.3) is 0 Å². The number of nitrogens with one attached hydrogen (secondary N) is 1. The summed E-state index contributed by atoms with van der Waals surface area (Å²) in [7, 11) is 0. The molecule has 0 amide bonds. The van der Waals surface area contributed by atoms with Crippen LogP contribution in [0.3, 0.4) is 0 Å². The fourth-order valence-corrected chi connectivity index (χ4v) is 2.24. The van der Waals surface area contributed by atoms with Gasteiger partial charge in [-0.05, 0) is 19.8 Å². The van der Waals surface area contributed by atoms with Gasteiger partial charge in [-0.2, -0.15) is 5.10 Å². The molecule has 7 nitrogen and oxygen atoms in total. The number of nitrogens with zero attached hydrogens (tertiary/aromatic N) is 3. The Labute approximate surface area is 117 Å². The van der Waals surface area contributed by atoms with E-state index in [0.29, 0.717) is 12.6 Å². The molecule has 0 aliphatic carbocycles. The molecule has 1 saturated heterocycles. The number of anilines is 1. The maximum absolute atomic E-state index is 11.4. The van der Waals surface area contributed by atoms with E-state index in [1.54, 1.807) is 6.92 Å². The highest BCUT2D eigenvalue weighted by Crippen LogP contribution is 2.30. The largest absolute Gasteiger partial charge is 0.481 e. The summed E-state index contributed by atoms with van der Waals surface area (Å²) in [6, 6.07) is -0.362. The molecule has 1 fully saturated rings. The molecule has 2 unspecified atom stereocenters. The number of aromatic nitrogens is 3. The molecule has 2 rings (SSSR count). The Balaban J connectivity index is 2.20. The van der Waals surface area contributed by atoms with Crippen LogP contribution in [0.15, 0.2) is 0 Å². The molecule has 1 aromatic heterocycles. The molecule has 1 aliphatic rings. The Kier molecular flexibility index (Phi) is 4.17. The van der Waals surface area contributed by atoms with Crippen molar-refractivity contribution in [3.63, 3.8) is 0 Å². The monoisotopic (exact) mass is 280 g/mol. The van der Waals surface area contributed by atoms with E-state index in [4.69, 9.17) is 4.74 Å². The highest BCUT2D eigenvalue weighted by atomic mass is 16.5. The number of hydrogen-bond donors (Lipinski definition) is 2. The van der Waals surface area contributed by atoms with Crippen LogP contribution >= 0.6 is 0 Å². The van der Waals surface area contributed by atoms with E-state index in [9.17, 15) is 9.90 Å². The van der Waals surface area contributed by atoms with Gasteiger partial charge in [0.05, 0.1) is 30.6 Å². The smallest absolute Gasteiger partial charge is 0.313 e. The Morgan fingerprint density at radius 2 is 2.10 bits per heavy atom. The Morgan fingerprint density at radius 1 is 1.40 bits per heavy atom. The van der Waals surface area contributed by atoms with Crippen molar-refractivity contribution in [2.75, 3.05) is 18.5 Å².